The van der Waals surface area contributed by atoms with Crippen LogP contribution in [0.2, 0.25) is 18.1 Å². The van der Waals surface area contributed by atoms with Gasteiger partial charge in [-0.05, 0) is 35.3 Å². The highest BCUT2D eigenvalue weighted by molar-refractivity contribution is 9.10. The second kappa shape index (κ2) is 6.56. The molecule has 2 nitrogen and oxygen atoms in total. The zero-order valence-electron chi connectivity index (χ0n) is 13.0. The predicted octanol–water partition coefficient (Wildman–Crippen LogP) is 5.06. The van der Waals surface area contributed by atoms with E-state index < -0.39 is 8.32 Å². The fourth-order valence-electron chi connectivity index (χ4n) is 1.61. The van der Waals surface area contributed by atoms with Gasteiger partial charge in [0.05, 0.1) is 12.7 Å². The van der Waals surface area contributed by atoms with Crippen LogP contribution < -0.4 is 0 Å². The van der Waals surface area contributed by atoms with Crippen LogP contribution in [-0.2, 0) is 4.43 Å². The molecule has 20 heavy (non-hydrogen) atoms. The Balaban J connectivity index is 3.16. The van der Waals surface area contributed by atoms with Gasteiger partial charge in [0, 0.05) is 4.47 Å². The summed E-state index contributed by atoms with van der Waals surface area (Å²) in [5, 5.41) is 9.59. The van der Waals surface area contributed by atoms with Crippen LogP contribution in [0.15, 0.2) is 40.9 Å². The van der Waals surface area contributed by atoms with Crippen molar-refractivity contribution in [1.29, 1.82) is 0 Å². The molecule has 0 fully saturated rings. The van der Waals surface area contributed by atoms with Crippen molar-refractivity contribution >= 4 is 24.2 Å². The Morgan fingerprint density at radius 1 is 1.35 bits per heavy atom. The maximum absolute atomic E-state index is 9.48. The van der Waals surface area contributed by atoms with E-state index in [2.05, 4.69) is 56.4 Å². The summed E-state index contributed by atoms with van der Waals surface area (Å²) >= 11 is 3.57. The van der Waals surface area contributed by atoms with Crippen molar-refractivity contribution in [2.45, 2.75) is 45.0 Å². The van der Waals surface area contributed by atoms with Gasteiger partial charge in [-0.25, -0.2) is 0 Å². The molecule has 0 aromatic heterocycles. The van der Waals surface area contributed by atoms with E-state index in [9.17, 15) is 5.11 Å². The third-order valence-corrected chi connectivity index (χ3v) is 9.14. The first-order chi connectivity index (χ1) is 9.10. The zero-order chi connectivity index (χ0) is 15.6. The summed E-state index contributed by atoms with van der Waals surface area (Å²) < 4.78 is 7.46. The molecule has 1 N–H and O–H groups in total. The van der Waals surface area contributed by atoms with E-state index in [0.717, 1.165) is 10.0 Å². The van der Waals surface area contributed by atoms with Gasteiger partial charge in [0.2, 0.25) is 0 Å². The second-order valence-electron chi connectivity index (χ2n) is 6.60. The minimum absolute atomic E-state index is 0.0688. The summed E-state index contributed by atoms with van der Waals surface area (Å²) in [6.07, 6.45) is -0.267. The van der Waals surface area contributed by atoms with Gasteiger partial charge in [-0.3, -0.25) is 0 Å². The van der Waals surface area contributed by atoms with Crippen molar-refractivity contribution in [2.24, 2.45) is 0 Å². The van der Waals surface area contributed by atoms with E-state index in [-0.39, 0.29) is 17.7 Å². The van der Waals surface area contributed by atoms with Crippen LogP contribution in [0.1, 0.15) is 32.4 Å². The molecular formula is C16H25BrO2Si. The number of hydrogen-bond donors (Lipinski definition) is 1. The SMILES string of the molecule is C=C(CO)[C@H](O[Si](C)(C)C(C)(C)C)c1ccccc1Br. The van der Waals surface area contributed by atoms with Crippen LogP contribution in [0.25, 0.3) is 0 Å². The Kier molecular flexibility index (Phi) is 5.78. The van der Waals surface area contributed by atoms with Crippen molar-refractivity contribution in [2.75, 3.05) is 6.61 Å². The van der Waals surface area contributed by atoms with E-state index in [1.807, 2.05) is 24.3 Å². The van der Waals surface area contributed by atoms with E-state index >= 15 is 0 Å². The first kappa shape index (κ1) is 17.6. The van der Waals surface area contributed by atoms with Crippen LogP contribution in [0, 0.1) is 0 Å². The minimum atomic E-state index is -1.95. The highest BCUT2D eigenvalue weighted by atomic mass is 79.9. The van der Waals surface area contributed by atoms with Gasteiger partial charge < -0.3 is 9.53 Å². The molecular weight excluding hydrogens is 332 g/mol. The molecule has 0 bridgehead atoms. The summed E-state index contributed by atoms with van der Waals surface area (Å²) in [4.78, 5) is 0. The van der Waals surface area contributed by atoms with Gasteiger partial charge in [0.1, 0.15) is 0 Å². The molecule has 0 saturated heterocycles. The monoisotopic (exact) mass is 356 g/mol. The normalized spacial score (nSPS) is 14.2. The Labute approximate surface area is 132 Å². The molecule has 0 aliphatic carbocycles. The summed E-state index contributed by atoms with van der Waals surface area (Å²) in [5.41, 5.74) is 1.72. The summed E-state index contributed by atoms with van der Waals surface area (Å²) in [7, 11) is -1.95. The summed E-state index contributed by atoms with van der Waals surface area (Å²) in [6, 6.07) is 7.95. The van der Waals surface area contributed by atoms with Gasteiger partial charge in [0.15, 0.2) is 8.32 Å². The van der Waals surface area contributed by atoms with Crippen molar-refractivity contribution in [1.82, 2.24) is 0 Å². The highest BCUT2D eigenvalue weighted by Gasteiger charge is 2.40. The van der Waals surface area contributed by atoms with Crippen LogP contribution in [0.5, 0.6) is 0 Å². The average Bonchev–Trinajstić information content (AvgIpc) is 2.34. The molecule has 1 aromatic rings. The maximum Gasteiger partial charge on any atom is 0.193 e. The molecule has 0 radical (unpaired) electrons. The maximum atomic E-state index is 9.48. The zero-order valence-corrected chi connectivity index (χ0v) is 15.6. The Morgan fingerprint density at radius 3 is 2.35 bits per heavy atom. The van der Waals surface area contributed by atoms with Crippen molar-refractivity contribution < 1.29 is 9.53 Å². The van der Waals surface area contributed by atoms with E-state index in [1.165, 1.54) is 0 Å². The Morgan fingerprint density at radius 2 is 1.90 bits per heavy atom. The molecule has 0 aliphatic heterocycles. The third-order valence-electron chi connectivity index (χ3n) is 3.98. The molecule has 1 aromatic carbocycles. The Hall–Kier alpha value is -0.423. The number of halogens is 1. The van der Waals surface area contributed by atoms with Gasteiger partial charge in [-0.2, -0.15) is 0 Å². The lowest BCUT2D eigenvalue weighted by Gasteiger charge is -2.40. The number of aliphatic hydroxyl groups is 1. The summed E-state index contributed by atoms with van der Waals surface area (Å²) in [6.45, 7) is 15.0. The van der Waals surface area contributed by atoms with Crippen LogP contribution in [-0.4, -0.2) is 20.0 Å². The first-order valence-electron chi connectivity index (χ1n) is 6.81. The molecule has 1 rings (SSSR count). The molecule has 0 saturated carbocycles. The topological polar surface area (TPSA) is 29.5 Å². The first-order valence-corrected chi connectivity index (χ1v) is 10.5. The lowest BCUT2D eigenvalue weighted by atomic mass is 10.0. The molecule has 0 aliphatic rings. The molecule has 112 valence electrons. The fourth-order valence-corrected chi connectivity index (χ4v) is 3.34. The molecule has 4 heteroatoms. The number of aliphatic hydroxyl groups excluding tert-OH is 1. The third kappa shape index (κ3) is 4.04. The minimum Gasteiger partial charge on any atom is -0.406 e. The predicted molar refractivity (Wildman–Crippen MR) is 91.4 cm³/mol. The van der Waals surface area contributed by atoms with E-state index in [4.69, 9.17) is 4.43 Å². The van der Waals surface area contributed by atoms with Crippen molar-refractivity contribution in [3.05, 3.63) is 46.5 Å². The second-order valence-corrected chi connectivity index (χ2v) is 12.2. The van der Waals surface area contributed by atoms with Gasteiger partial charge in [-0.1, -0.05) is 61.5 Å². The largest absolute Gasteiger partial charge is 0.406 e. The van der Waals surface area contributed by atoms with Gasteiger partial charge in [-0.15, -0.1) is 0 Å². The van der Waals surface area contributed by atoms with E-state index in [0.29, 0.717) is 5.57 Å². The van der Waals surface area contributed by atoms with E-state index in [1.54, 1.807) is 0 Å². The number of hydrogen-bond acceptors (Lipinski definition) is 2. The number of benzene rings is 1. The molecule has 0 spiro atoms. The number of rotatable bonds is 5. The fraction of sp³-hybridized carbons (Fsp3) is 0.500. The smallest absolute Gasteiger partial charge is 0.193 e. The molecule has 0 heterocycles. The Bertz CT molecular complexity index is 478. The van der Waals surface area contributed by atoms with Gasteiger partial charge >= 0.3 is 0 Å². The molecule has 0 amide bonds. The highest BCUT2D eigenvalue weighted by Crippen LogP contribution is 2.42. The van der Waals surface area contributed by atoms with Crippen LogP contribution in [0.4, 0.5) is 0 Å². The van der Waals surface area contributed by atoms with Crippen molar-refractivity contribution in [3.63, 3.8) is 0 Å². The lowest BCUT2D eigenvalue weighted by Crippen LogP contribution is -2.42. The van der Waals surface area contributed by atoms with Crippen molar-refractivity contribution in [3.8, 4) is 0 Å². The lowest BCUT2D eigenvalue weighted by molar-refractivity contribution is 0.194. The summed E-state index contributed by atoms with van der Waals surface area (Å²) in [5.74, 6) is 0. The van der Waals surface area contributed by atoms with Crippen LogP contribution in [0.3, 0.4) is 0 Å². The van der Waals surface area contributed by atoms with Crippen LogP contribution >= 0.6 is 15.9 Å². The average molecular weight is 357 g/mol. The molecule has 0 unspecified atom stereocenters. The standard InChI is InChI=1S/C16H25BrO2Si/c1-12(11-18)15(13-9-7-8-10-14(13)17)19-20(5,6)16(2,3)4/h7-10,15,18H,1,11H2,2-6H3/t15-/m0/s1. The van der Waals surface area contributed by atoms with Gasteiger partial charge in [0.25, 0.3) is 0 Å². The quantitative estimate of drug-likeness (QED) is 0.590. The molecule has 1 atom stereocenters.